The van der Waals surface area contributed by atoms with Gasteiger partial charge in [-0.25, -0.2) is 0 Å². The van der Waals surface area contributed by atoms with E-state index in [1.807, 2.05) is 0 Å². The van der Waals surface area contributed by atoms with Crippen molar-refractivity contribution in [3.8, 4) is 22.3 Å². The van der Waals surface area contributed by atoms with E-state index in [-0.39, 0.29) is 51.0 Å². The van der Waals surface area contributed by atoms with Crippen LogP contribution in [0.4, 0.5) is 0 Å². The Morgan fingerprint density at radius 2 is 0.875 bits per heavy atom. The van der Waals surface area contributed by atoms with Gasteiger partial charge in [0.15, 0.2) is 0 Å². The van der Waals surface area contributed by atoms with Gasteiger partial charge in [-0.05, 0) is 47.9 Å². The molecule has 0 nitrogen and oxygen atoms in total. The van der Waals surface area contributed by atoms with Gasteiger partial charge < -0.3 is 45.1 Å². The van der Waals surface area contributed by atoms with Gasteiger partial charge in [-0.1, -0.05) is 125 Å². The Morgan fingerprint density at radius 1 is 0.521 bits per heavy atom. The molecule has 0 bridgehead atoms. The van der Waals surface area contributed by atoms with Crippen LogP contribution < -0.4 is 24.8 Å². The molecule has 6 aromatic carbocycles. The largest absolute Gasteiger partial charge is 2.00 e. The minimum Gasteiger partial charge on any atom is -1.00 e. The molecule has 0 aromatic heterocycles. The zero-order chi connectivity index (χ0) is 32.0. The fourth-order valence-electron chi connectivity index (χ4n) is 5.99. The van der Waals surface area contributed by atoms with E-state index in [9.17, 15) is 0 Å². The summed E-state index contributed by atoms with van der Waals surface area (Å²) >= 11 is 0. The molecule has 0 saturated carbocycles. The number of fused-ring (bicyclic) bond motifs is 2. The summed E-state index contributed by atoms with van der Waals surface area (Å²) in [6.45, 7) is 15.7. The molecule has 48 heavy (non-hydrogen) atoms. The van der Waals surface area contributed by atoms with Crippen LogP contribution in [0.1, 0.15) is 82.1 Å². The summed E-state index contributed by atoms with van der Waals surface area (Å²) in [5.74, 6) is 0. The standard InChI is InChI=1S/2C21H23.C3H6.2ClH.Zr/c2*1-3-5-7-17-14-19-8-6-9-20(21(19)15-17)18-12-10-16(4-2)11-13-18;1-3-2;;;/h2*6,8-15H,3-5,7H2,1-2H3;1-3H2;2*1H;/q2*-1;-2;;;+2/p-2. The van der Waals surface area contributed by atoms with E-state index < -0.39 is 0 Å². The van der Waals surface area contributed by atoms with Crippen LogP contribution in [0.3, 0.4) is 0 Å². The summed E-state index contributed by atoms with van der Waals surface area (Å²) in [6.07, 6.45) is 10.4. The monoisotopic (exact) mass is 752 g/mol. The summed E-state index contributed by atoms with van der Waals surface area (Å²) < 4.78 is 0. The molecule has 0 heterocycles. The fraction of sp³-hybridized carbons (Fsp3) is 0.289. The van der Waals surface area contributed by atoms with Crippen LogP contribution in [-0.4, -0.2) is 0 Å². The van der Waals surface area contributed by atoms with Gasteiger partial charge in [0, 0.05) is 0 Å². The number of benzene rings is 4. The van der Waals surface area contributed by atoms with Gasteiger partial charge in [0.05, 0.1) is 0 Å². The molecule has 0 N–H and O–H groups in total. The maximum absolute atomic E-state index is 3.38. The molecular formula is C45H52Cl2Zr-4. The van der Waals surface area contributed by atoms with E-state index in [0.29, 0.717) is 0 Å². The third kappa shape index (κ3) is 11.9. The van der Waals surface area contributed by atoms with Gasteiger partial charge in [0.1, 0.15) is 0 Å². The number of hydrogen-bond acceptors (Lipinski definition) is 0. The summed E-state index contributed by atoms with van der Waals surface area (Å²) in [7, 11) is 0. The summed E-state index contributed by atoms with van der Waals surface area (Å²) in [5.41, 5.74) is 11.1. The van der Waals surface area contributed by atoms with Crippen molar-refractivity contribution in [3.05, 3.63) is 145 Å². The van der Waals surface area contributed by atoms with E-state index in [4.69, 9.17) is 0 Å². The second kappa shape index (κ2) is 23.1. The quantitative estimate of drug-likeness (QED) is 0.129. The Bertz CT molecular complexity index is 1590. The number of hydrogen-bond donors (Lipinski definition) is 0. The summed E-state index contributed by atoms with van der Waals surface area (Å²) in [6, 6.07) is 40.8. The van der Waals surface area contributed by atoms with Crippen molar-refractivity contribution < 1.29 is 51.0 Å². The molecule has 0 saturated heterocycles. The second-order valence-electron chi connectivity index (χ2n) is 12.0. The van der Waals surface area contributed by atoms with E-state index in [1.54, 1.807) is 0 Å². The molecule has 0 aliphatic heterocycles. The third-order valence-electron chi connectivity index (χ3n) is 8.61. The molecule has 0 radical (unpaired) electrons. The van der Waals surface area contributed by atoms with Crippen LogP contribution in [-0.2, 0) is 51.9 Å². The van der Waals surface area contributed by atoms with Gasteiger partial charge in [0.25, 0.3) is 0 Å². The van der Waals surface area contributed by atoms with Crippen molar-refractivity contribution in [2.45, 2.75) is 85.5 Å². The van der Waals surface area contributed by atoms with E-state index in [0.717, 1.165) is 19.3 Å². The van der Waals surface area contributed by atoms with Crippen molar-refractivity contribution in [3.63, 3.8) is 0 Å². The molecule has 0 spiro atoms. The molecule has 6 rings (SSSR count). The van der Waals surface area contributed by atoms with Crippen molar-refractivity contribution in [2.75, 3.05) is 0 Å². The Kier molecular flexibility index (Phi) is 20.9. The van der Waals surface area contributed by atoms with Crippen LogP contribution >= 0.6 is 0 Å². The predicted octanol–water partition coefficient (Wildman–Crippen LogP) is 7.31. The maximum atomic E-state index is 3.38. The van der Waals surface area contributed by atoms with Gasteiger partial charge in [0.2, 0.25) is 0 Å². The second-order valence-corrected chi connectivity index (χ2v) is 12.0. The Balaban J connectivity index is 0.000000420. The Labute approximate surface area is 323 Å². The molecule has 0 fully saturated rings. The number of aryl methyl sites for hydroxylation is 4. The first kappa shape index (κ1) is 43.6. The molecule has 3 heteroatoms. The molecule has 254 valence electrons. The van der Waals surface area contributed by atoms with Crippen molar-refractivity contribution in [2.24, 2.45) is 0 Å². The molecular weight excluding hydrogens is 703 g/mol. The smallest absolute Gasteiger partial charge is 1.00 e. The third-order valence-corrected chi connectivity index (χ3v) is 8.61. The minimum absolute atomic E-state index is 0. The first-order valence-electron chi connectivity index (χ1n) is 17.2. The summed E-state index contributed by atoms with van der Waals surface area (Å²) in [5, 5.41) is 5.54. The molecule has 0 atom stereocenters. The average molecular weight is 755 g/mol. The van der Waals surface area contributed by atoms with E-state index in [1.165, 1.54) is 105 Å². The van der Waals surface area contributed by atoms with Crippen molar-refractivity contribution >= 4 is 21.5 Å². The van der Waals surface area contributed by atoms with Crippen molar-refractivity contribution in [1.82, 2.24) is 0 Å². The van der Waals surface area contributed by atoms with Crippen LogP contribution in [0.2, 0.25) is 0 Å². The van der Waals surface area contributed by atoms with Gasteiger partial charge in [-0.3, -0.25) is 0 Å². The summed E-state index contributed by atoms with van der Waals surface area (Å²) in [4.78, 5) is 0. The normalized spacial score (nSPS) is 10.1. The van der Waals surface area contributed by atoms with Gasteiger partial charge >= 0.3 is 26.2 Å². The zero-order valence-corrected chi connectivity index (χ0v) is 33.4. The zero-order valence-electron chi connectivity index (χ0n) is 29.4. The van der Waals surface area contributed by atoms with E-state index in [2.05, 4.69) is 151 Å². The molecule has 6 aromatic rings. The average Bonchev–Trinajstić information content (AvgIpc) is 3.71. The topological polar surface area (TPSA) is 0 Å². The van der Waals surface area contributed by atoms with Gasteiger partial charge in [-0.15, -0.1) is 69.1 Å². The minimum atomic E-state index is 0. The first-order chi connectivity index (χ1) is 22.0. The molecule has 0 aliphatic carbocycles. The number of unbranched alkanes of at least 4 members (excludes halogenated alkanes) is 2. The molecule has 0 unspecified atom stereocenters. The van der Waals surface area contributed by atoms with Gasteiger partial charge in [-0.2, -0.15) is 12.1 Å². The molecule has 0 aliphatic rings. The maximum Gasteiger partial charge on any atom is 2.00 e. The predicted molar refractivity (Wildman–Crippen MR) is 201 cm³/mol. The number of halogens is 2. The number of rotatable bonds is 10. The van der Waals surface area contributed by atoms with Crippen LogP contribution in [0, 0.1) is 13.8 Å². The Morgan fingerprint density at radius 3 is 1.19 bits per heavy atom. The van der Waals surface area contributed by atoms with E-state index >= 15 is 0 Å². The Hall–Kier alpha value is -2.44. The fourth-order valence-corrected chi connectivity index (χ4v) is 5.99. The molecule has 0 amide bonds. The van der Waals surface area contributed by atoms with Crippen LogP contribution in [0.5, 0.6) is 0 Å². The first-order valence-corrected chi connectivity index (χ1v) is 17.2. The van der Waals surface area contributed by atoms with Crippen LogP contribution in [0.15, 0.2) is 109 Å². The van der Waals surface area contributed by atoms with Crippen LogP contribution in [0.25, 0.3) is 43.8 Å². The SMILES string of the molecule is CCCCc1cc2c(-c3ccc(CC)cc3)cccc2[cH-]1.CCCCc1cc2c(-c3ccc(CC)cc3)cccc2[cH-]1.[CH2-]C[CH2-].[Cl-].[Cl-].[Zr+2]. The van der Waals surface area contributed by atoms with Crippen molar-refractivity contribution in [1.29, 1.82) is 0 Å².